The smallest absolute Gasteiger partial charge is 0.287 e. The monoisotopic (exact) mass is 267 g/mol. The van der Waals surface area contributed by atoms with Crippen molar-refractivity contribution >= 4 is 17.5 Å². The summed E-state index contributed by atoms with van der Waals surface area (Å²) in [5, 5.41) is 2.91. The summed E-state index contributed by atoms with van der Waals surface area (Å²) in [4.78, 5) is 11.7. The molecule has 0 bridgehead atoms. The van der Waals surface area contributed by atoms with Crippen molar-refractivity contribution in [1.29, 1.82) is 0 Å². The van der Waals surface area contributed by atoms with Gasteiger partial charge in [-0.15, -0.1) is 0 Å². The molecule has 0 spiro atoms. The minimum absolute atomic E-state index is 0.0853. The number of halogens is 2. The van der Waals surface area contributed by atoms with Crippen molar-refractivity contribution in [3.8, 4) is 0 Å². The molecule has 0 atom stereocenters. The number of carbonyl (C=O) groups excluding carboxylic acids is 1. The van der Waals surface area contributed by atoms with E-state index >= 15 is 0 Å². The first-order valence-corrected chi connectivity index (χ1v) is 5.72. The molecule has 94 valence electrons. The molecule has 0 unspecified atom stereocenters. The van der Waals surface area contributed by atoms with Gasteiger partial charge in [-0.25, -0.2) is 4.39 Å². The lowest BCUT2D eigenvalue weighted by molar-refractivity contribution is 0.0922. The molecule has 1 aromatic carbocycles. The molecule has 0 aliphatic carbocycles. The molecule has 0 aliphatic heterocycles. The van der Waals surface area contributed by atoms with Crippen molar-refractivity contribution in [2.75, 3.05) is 0 Å². The predicted molar refractivity (Wildman–Crippen MR) is 66.0 cm³/mol. The largest absolute Gasteiger partial charge is 0.459 e. The second-order valence-corrected chi connectivity index (χ2v) is 4.29. The van der Waals surface area contributed by atoms with Gasteiger partial charge in [-0.3, -0.25) is 4.79 Å². The lowest BCUT2D eigenvalue weighted by Crippen LogP contribution is -2.23. The number of benzene rings is 1. The maximum Gasteiger partial charge on any atom is 0.287 e. The van der Waals surface area contributed by atoms with Gasteiger partial charge in [0.25, 0.3) is 5.91 Å². The highest BCUT2D eigenvalue weighted by Crippen LogP contribution is 2.15. The molecule has 2 aromatic rings. The molecule has 0 fully saturated rings. The summed E-state index contributed by atoms with van der Waals surface area (Å²) in [6.45, 7) is 1.85. The second kappa shape index (κ2) is 5.23. The Morgan fingerprint density at radius 2 is 2.22 bits per heavy atom. The van der Waals surface area contributed by atoms with Crippen molar-refractivity contribution in [3.05, 3.63) is 58.3 Å². The van der Waals surface area contributed by atoms with Crippen LogP contribution in [0.1, 0.15) is 21.7 Å². The Balaban J connectivity index is 2.04. The highest BCUT2D eigenvalue weighted by Gasteiger charge is 2.12. The molecule has 1 heterocycles. The van der Waals surface area contributed by atoms with E-state index in [0.29, 0.717) is 10.6 Å². The van der Waals surface area contributed by atoms with Crippen LogP contribution in [-0.4, -0.2) is 5.91 Å². The van der Waals surface area contributed by atoms with E-state index in [1.807, 2.05) is 0 Å². The molecule has 0 saturated heterocycles. The fraction of sp³-hybridized carbons (Fsp3) is 0.154. The molecule has 2 rings (SSSR count). The number of hydrogen-bond donors (Lipinski definition) is 1. The first kappa shape index (κ1) is 12.6. The summed E-state index contributed by atoms with van der Waals surface area (Å²) in [6.07, 6.45) is 1.44. The van der Waals surface area contributed by atoms with E-state index in [1.54, 1.807) is 19.1 Å². The zero-order valence-electron chi connectivity index (χ0n) is 9.67. The van der Waals surface area contributed by atoms with Gasteiger partial charge in [-0.05, 0) is 25.1 Å². The molecule has 18 heavy (non-hydrogen) atoms. The predicted octanol–water partition coefficient (Wildman–Crippen LogP) is 3.31. The highest BCUT2D eigenvalue weighted by atomic mass is 35.5. The Morgan fingerprint density at radius 3 is 2.83 bits per heavy atom. The summed E-state index contributed by atoms with van der Waals surface area (Å²) in [7, 11) is 0. The fourth-order valence-electron chi connectivity index (χ4n) is 1.53. The SMILES string of the molecule is Cc1ccoc1C(=O)NCc1ccc(Cl)cc1F. The molecule has 5 heteroatoms. The number of rotatable bonds is 3. The Kier molecular flexibility index (Phi) is 3.67. The molecule has 0 aliphatic rings. The number of carbonyl (C=O) groups is 1. The van der Waals surface area contributed by atoms with E-state index < -0.39 is 5.82 Å². The van der Waals surface area contributed by atoms with Gasteiger partial charge in [0.15, 0.2) is 5.76 Å². The lowest BCUT2D eigenvalue weighted by atomic mass is 10.2. The topological polar surface area (TPSA) is 42.2 Å². The molecule has 1 aromatic heterocycles. The molecule has 1 amide bonds. The standard InChI is InChI=1S/C13H11ClFNO2/c1-8-4-5-18-12(8)13(17)16-7-9-2-3-10(14)6-11(9)15/h2-6H,7H2,1H3,(H,16,17). The van der Waals surface area contributed by atoms with Crippen molar-refractivity contribution in [2.24, 2.45) is 0 Å². The van der Waals surface area contributed by atoms with Crippen LogP contribution in [0.5, 0.6) is 0 Å². The average molecular weight is 268 g/mol. The quantitative estimate of drug-likeness (QED) is 0.927. The van der Waals surface area contributed by atoms with Gasteiger partial charge in [0.1, 0.15) is 5.82 Å². The Hall–Kier alpha value is -1.81. The number of hydrogen-bond acceptors (Lipinski definition) is 2. The van der Waals surface area contributed by atoms with Crippen LogP contribution in [0, 0.1) is 12.7 Å². The van der Waals surface area contributed by atoms with E-state index in [4.69, 9.17) is 16.0 Å². The minimum atomic E-state index is -0.445. The zero-order valence-corrected chi connectivity index (χ0v) is 10.4. The van der Waals surface area contributed by atoms with E-state index in [1.165, 1.54) is 18.4 Å². The van der Waals surface area contributed by atoms with Gasteiger partial charge in [0, 0.05) is 22.7 Å². The molecule has 0 radical (unpaired) electrons. The van der Waals surface area contributed by atoms with Gasteiger partial charge >= 0.3 is 0 Å². The maximum atomic E-state index is 13.5. The minimum Gasteiger partial charge on any atom is -0.459 e. The molecular weight excluding hydrogens is 257 g/mol. The maximum absolute atomic E-state index is 13.5. The number of aryl methyl sites for hydroxylation is 1. The number of furan rings is 1. The number of nitrogens with one attached hydrogen (secondary N) is 1. The van der Waals surface area contributed by atoms with Crippen LogP contribution in [0.4, 0.5) is 4.39 Å². The molecule has 0 saturated carbocycles. The van der Waals surface area contributed by atoms with Crippen LogP contribution in [0.25, 0.3) is 0 Å². The highest BCUT2D eigenvalue weighted by molar-refractivity contribution is 6.30. The summed E-state index contributed by atoms with van der Waals surface area (Å²) in [5.41, 5.74) is 1.11. The van der Waals surface area contributed by atoms with Crippen LogP contribution in [0.3, 0.4) is 0 Å². The van der Waals surface area contributed by atoms with Crippen molar-refractivity contribution in [2.45, 2.75) is 13.5 Å². The summed E-state index contributed by atoms with van der Waals surface area (Å²) in [6, 6.07) is 6.01. The Bertz CT molecular complexity index is 580. The van der Waals surface area contributed by atoms with Crippen molar-refractivity contribution in [3.63, 3.8) is 0 Å². The number of amides is 1. The molecule has 1 N–H and O–H groups in total. The fourth-order valence-corrected chi connectivity index (χ4v) is 1.68. The van der Waals surface area contributed by atoms with Gasteiger partial charge in [0.05, 0.1) is 6.26 Å². The van der Waals surface area contributed by atoms with Crippen LogP contribution in [0.15, 0.2) is 34.9 Å². The summed E-state index contributed by atoms with van der Waals surface area (Å²) in [5.74, 6) is -0.574. The van der Waals surface area contributed by atoms with Gasteiger partial charge in [-0.1, -0.05) is 17.7 Å². The van der Waals surface area contributed by atoms with E-state index in [0.717, 1.165) is 5.56 Å². The van der Waals surface area contributed by atoms with Crippen LogP contribution < -0.4 is 5.32 Å². The van der Waals surface area contributed by atoms with Crippen LogP contribution >= 0.6 is 11.6 Å². The third-order valence-corrected chi connectivity index (χ3v) is 2.76. The normalized spacial score (nSPS) is 10.4. The Morgan fingerprint density at radius 1 is 1.44 bits per heavy atom. The Labute approximate surface area is 109 Å². The van der Waals surface area contributed by atoms with E-state index in [-0.39, 0.29) is 18.2 Å². The third-order valence-electron chi connectivity index (χ3n) is 2.52. The zero-order chi connectivity index (χ0) is 13.1. The average Bonchev–Trinajstić information content (AvgIpc) is 2.74. The van der Waals surface area contributed by atoms with Gasteiger partial charge in [0.2, 0.25) is 0 Å². The van der Waals surface area contributed by atoms with Crippen LogP contribution in [0.2, 0.25) is 5.02 Å². The second-order valence-electron chi connectivity index (χ2n) is 3.85. The van der Waals surface area contributed by atoms with Crippen molar-refractivity contribution < 1.29 is 13.6 Å². The first-order chi connectivity index (χ1) is 8.58. The van der Waals surface area contributed by atoms with Crippen LogP contribution in [-0.2, 0) is 6.54 Å². The lowest BCUT2D eigenvalue weighted by Gasteiger charge is -2.05. The van der Waals surface area contributed by atoms with Gasteiger partial charge < -0.3 is 9.73 Å². The summed E-state index contributed by atoms with van der Waals surface area (Å²) >= 11 is 5.64. The summed E-state index contributed by atoms with van der Waals surface area (Å²) < 4.78 is 18.5. The molecular formula is C13H11ClFNO2. The van der Waals surface area contributed by atoms with E-state index in [2.05, 4.69) is 5.32 Å². The van der Waals surface area contributed by atoms with Crippen molar-refractivity contribution in [1.82, 2.24) is 5.32 Å². The first-order valence-electron chi connectivity index (χ1n) is 5.34. The molecule has 3 nitrogen and oxygen atoms in total. The van der Waals surface area contributed by atoms with E-state index in [9.17, 15) is 9.18 Å². The third kappa shape index (κ3) is 2.71. The van der Waals surface area contributed by atoms with Gasteiger partial charge in [-0.2, -0.15) is 0 Å².